The van der Waals surface area contributed by atoms with Crippen molar-refractivity contribution in [1.29, 1.82) is 0 Å². The zero-order chi connectivity index (χ0) is 13.7. The van der Waals surface area contributed by atoms with Crippen LogP contribution in [0, 0.1) is 0 Å². The van der Waals surface area contributed by atoms with Crippen molar-refractivity contribution in [2.75, 3.05) is 13.3 Å². The lowest BCUT2D eigenvalue weighted by molar-refractivity contribution is -0.750. The lowest BCUT2D eigenvalue weighted by Gasteiger charge is -2.18. The van der Waals surface area contributed by atoms with Crippen LogP contribution in [0.15, 0.2) is 36.9 Å². The third-order valence-corrected chi connectivity index (χ3v) is 3.78. The van der Waals surface area contributed by atoms with Crippen LogP contribution in [0.4, 0.5) is 0 Å². The van der Waals surface area contributed by atoms with Gasteiger partial charge < -0.3 is 14.0 Å². The Kier molecular flexibility index (Phi) is 4.31. The zero-order valence-corrected chi connectivity index (χ0v) is 11.2. The fraction of sp³-hybridized carbons (Fsp3) is 0.273. The van der Waals surface area contributed by atoms with Crippen LogP contribution in [0.3, 0.4) is 0 Å². The first-order valence-corrected chi connectivity index (χ1v) is 7.32. The lowest BCUT2D eigenvalue weighted by Crippen LogP contribution is -2.39. The van der Waals surface area contributed by atoms with E-state index in [0.717, 1.165) is 12.7 Å². The predicted molar refractivity (Wildman–Crippen MR) is 64.9 cm³/mol. The number of rotatable bonds is 5. The van der Waals surface area contributed by atoms with Crippen LogP contribution in [-0.2, 0) is 15.6 Å². The van der Waals surface area contributed by atoms with E-state index in [1.807, 2.05) is 0 Å². The highest BCUT2D eigenvalue weighted by Crippen LogP contribution is 2.34. The molecular weight excluding hydrogens is 267 g/mol. The summed E-state index contributed by atoms with van der Waals surface area (Å²) >= 11 is 0. The third-order valence-electron chi connectivity index (χ3n) is 2.48. The van der Waals surface area contributed by atoms with Gasteiger partial charge in [0.1, 0.15) is 13.8 Å². The molecule has 8 heteroatoms. The Morgan fingerprint density at radius 3 is 2.74 bits per heavy atom. The molecule has 0 amide bonds. The van der Waals surface area contributed by atoms with Gasteiger partial charge in [0.2, 0.25) is 0 Å². The molecule has 19 heavy (non-hydrogen) atoms. The van der Waals surface area contributed by atoms with Crippen LogP contribution in [0.25, 0.3) is 11.4 Å². The number of hydrogen-bond acceptors (Lipinski definition) is 6. The fourth-order valence-corrected chi connectivity index (χ4v) is 2.05. The first-order chi connectivity index (χ1) is 9.11. The molecule has 0 N–H and O–H groups in total. The molecule has 0 bridgehead atoms. The summed E-state index contributed by atoms with van der Waals surface area (Å²) in [5.41, 5.74) is 0.772. The minimum atomic E-state index is -3.74. The van der Waals surface area contributed by atoms with Gasteiger partial charge >= 0.3 is 0 Å². The molecule has 1 unspecified atom stereocenters. The Hall–Kier alpha value is -1.69. The van der Waals surface area contributed by atoms with E-state index < -0.39 is 7.60 Å². The van der Waals surface area contributed by atoms with Crippen molar-refractivity contribution in [3.8, 4) is 11.4 Å². The van der Waals surface area contributed by atoms with Crippen LogP contribution in [0.5, 0.6) is 0 Å². The maximum atomic E-state index is 11.2. The second-order valence-electron chi connectivity index (χ2n) is 3.77. The highest BCUT2D eigenvalue weighted by atomic mass is 31.2. The van der Waals surface area contributed by atoms with E-state index in [2.05, 4.69) is 19.6 Å². The van der Waals surface area contributed by atoms with Gasteiger partial charge in [-0.15, -0.1) is 0 Å². The standard InChI is InChI=1S/C11H13N4O3P/c1-18-19(16,17)8-7-15-6-3-10(9-14-15)11-12-4-2-5-13-11/h2-6,9H,7-8H2,1H3. The molecule has 2 aromatic heterocycles. The van der Waals surface area contributed by atoms with Crippen molar-refractivity contribution in [3.05, 3.63) is 36.9 Å². The summed E-state index contributed by atoms with van der Waals surface area (Å²) in [6.07, 6.45) is 6.48. The molecule has 0 aliphatic rings. The quantitative estimate of drug-likeness (QED) is 0.566. The molecule has 2 heterocycles. The van der Waals surface area contributed by atoms with Crippen molar-refractivity contribution in [3.63, 3.8) is 0 Å². The Morgan fingerprint density at radius 1 is 1.42 bits per heavy atom. The molecule has 0 fully saturated rings. The molecule has 0 aliphatic carbocycles. The van der Waals surface area contributed by atoms with Gasteiger partial charge in [-0.05, 0) is 11.2 Å². The average molecular weight is 280 g/mol. The van der Waals surface area contributed by atoms with E-state index in [9.17, 15) is 9.46 Å². The zero-order valence-electron chi connectivity index (χ0n) is 10.3. The van der Waals surface area contributed by atoms with E-state index in [4.69, 9.17) is 0 Å². The molecule has 2 rings (SSSR count). The van der Waals surface area contributed by atoms with Gasteiger partial charge in [-0.2, -0.15) is 0 Å². The Bertz CT molecular complexity index is 576. The number of nitrogens with zero attached hydrogens (tertiary/aromatic N) is 4. The largest absolute Gasteiger partial charge is 0.778 e. The maximum Gasteiger partial charge on any atom is 0.197 e. The summed E-state index contributed by atoms with van der Waals surface area (Å²) in [4.78, 5) is 19.4. The smallest absolute Gasteiger partial charge is 0.197 e. The molecule has 0 spiro atoms. The minimum absolute atomic E-state index is 0.0949. The number of aromatic nitrogens is 4. The topological polar surface area (TPSA) is 91.9 Å². The second kappa shape index (κ2) is 5.97. The summed E-state index contributed by atoms with van der Waals surface area (Å²) in [7, 11) is -2.59. The molecule has 0 aliphatic heterocycles. The third kappa shape index (κ3) is 3.89. The fourth-order valence-electron chi connectivity index (χ4n) is 1.41. The van der Waals surface area contributed by atoms with E-state index in [1.54, 1.807) is 36.9 Å². The SMILES string of the molecule is COP(=O)([O-])CC[n+]1ccc(-c2ncccn2)cn1. The molecule has 0 saturated carbocycles. The Labute approximate surface area is 110 Å². The highest BCUT2D eigenvalue weighted by molar-refractivity contribution is 7.51. The Morgan fingerprint density at radius 2 is 2.16 bits per heavy atom. The summed E-state index contributed by atoms with van der Waals surface area (Å²) in [5, 5.41) is 4.11. The van der Waals surface area contributed by atoms with E-state index in [1.165, 1.54) is 4.68 Å². The molecule has 1 atom stereocenters. The van der Waals surface area contributed by atoms with Crippen LogP contribution in [0.2, 0.25) is 0 Å². The van der Waals surface area contributed by atoms with Crippen LogP contribution in [-0.4, -0.2) is 28.3 Å². The van der Waals surface area contributed by atoms with Crippen molar-refractivity contribution in [2.45, 2.75) is 6.54 Å². The molecule has 0 radical (unpaired) electrons. The summed E-state index contributed by atoms with van der Waals surface area (Å²) < 4.78 is 17.1. The summed E-state index contributed by atoms with van der Waals surface area (Å²) in [6.45, 7) is 0.241. The van der Waals surface area contributed by atoms with Crippen molar-refractivity contribution >= 4 is 7.60 Å². The van der Waals surface area contributed by atoms with Crippen LogP contribution in [0.1, 0.15) is 0 Å². The van der Waals surface area contributed by atoms with Gasteiger partial charge in [0.15, 0.2) is 18.6 Å². The van der Waals surface area contributed by atoms with Crippen molar-refractivity contribution in [1.82, 2.24) is 15.1 Å². The molecule has 0 saturated heterocycles. The van der Waals surface area contributed by atoms with Gasteiger partial charge in [0.25, 0.3) is 0 Å². The second-order valence-corrected chi connectivity index (χ2v) is 5.80. The predicted octanol–water partition coefficient (Wildman–Crippen LogP) is 0.0259. The lowest BCUT2D eigenvalue weighted by atomic mass is 10.3. The van der Waals surface area contributed by atoms with Gasteiger partial charge in [0.05, 0.1) is 6.16 Å². The van der Waals surface area contributed by atoms with E-state index >= 15 is 0 Å². The van der Waals surface area contributed by atoms with E-state index in [0.29, 0.717) is 5.82 Å². The Balaban J connectivity index is 2.05. The molecule has 7 nitrogen and oxygen atoms in total. The number of aryl methyl sites for hydroxylation is 1. The van der Waals surface area contributed by atoms with Gasteiger partial charge in [-0.3, -0.25) is 0 Å². The van der Waals surface area contributed by atoms with Gasteiger partial charge in [0, 0.05) is 31.1 Å². The summed E-state index contributed by atoms with van der Waals surface area (Å²) in [5.74, 6) is 0.577. The molecular formula is C11H13N4O3P. The number of hydrogen-bond donors (Lipinski definition) is 0. The van der Waals surface area contributed by atoms with E-state index in [-0.39, 0.29) is 12.7 Å². The van der Waals surface area contributed by atoms with Gasteiger partial charge in [-0.1, -0.05) is 4.68 Å². The van der Waals surface area contributed by atoms with Crippen LogP contribution >= 0.6 is 7.60 Å². The molecule has 100 valence electrons. The normalized spacial score (nSPS) is 14.0. The van der Waals surface area contributed by atoms with Crippen molar-refractivity contribution < 1.29 is 18.7 Å². The molecule has 0 aromatic carbocycles. The van der Waals surface area contributed by atoms with Gasteiger partial charge in [-0.25, -0.2) is 9.97 Å². The van der Waals surface area contributed by atoms with Crippen molar-refractivity contribution in [2.24, 2.45) is 0 Å². The minimum Gasteiger partial charge on any atom is -0.778 e. The average Bonchev–Trinajstić information content (AvgIpc) is 2.47. The highest BCUT2D eigenvalue weighted by Gasteiger charge is 2.12. The first kappa shape index (κ1) is 13.7. The first-order valence-electron chi connectivity index (χ1n) is 5.60. The molecule has 2 aromatic rings. The maximum absolute atomic E-state index is 11.2. The summed E-state index contributed by atoms with van der Waals surface area (Å²) in [6, 6.07) is 3.52. The van der Waals surface area contributed by atoms with Crippen LogP contribution < -0.4 is 9.58 Å². The monoisotopic (exact) mass is 280 g/mol.